The maximum Gasteiger partial charge on any atom is 0.196 e. The molecule has 0 aromatic heterocycles. The number of nitrogens with one attached hydrogen (secondary N) is 1. The van der Waals surface area contributed by atoms with Crippen molar-refractivity contribution in [3.8, 4) is 0 Å². The van der Waals surface area contributed by atoms with Gasteiger partial charge in [-0.25, -0.2) is 13.2 Å². The second-order valence-electron chi connectivity index (χ2n) is 6.63. The lowest BCUT2D eigenvalue weighted by Gasteiger charge is -2.32. The zero-order valence-electron chi connectivity index (χ0n) is 11.2. The number of hydrogen-bond acceptors (Lipinski definition) is 1. The maximum atomic E-state index is 13.7. The van der Waals surface area contributed by atoms with Crippen molar-refractivity contribution >= 4 is 5.69 Å². The molecule has 0 radical (unpaired) electrons. The Morgan fingerprint density at radius 1 is 0.900 bits per heavy atom. The van der Waals surface area contributed by atoms with Gasteiger partial charge in [0.05, 0.1) is 5.69 Å². The zero-order chi connectivity index (χ0) is 13.9. The van der Waals surface area contributed by atoms with Crippen molar-refractivity contribution in [3.63, 3.8) is 0 Å². The second-order valence-corrected chi connectivity index (χ2v) is 6.63. The third-order valence-electron chi connectivity index (χ3n) is 5.80. The Morgan fingerprint density at radius 3 is 2.55 bits per heavy atom. The molecule has 3 aliphatic carbocycles. The van der Waals surface area contributed by atoms with Crippen molar-refractivity contribution < 1.29 is 13.2 Å². The lowest BCUT2D eigenvalue weighted by atomic mass is 9.79. The minimum atomic E-state index is -1.38. The summed E-state index contributed by atoms with van der Waals surface area (Å²) in [5, 5.41) is 3.14. The van der Waals surface area contributed by atoms with E-state index in [-0.39, 0.29) is 11.7 Å². The number of halogens is 3. The van der Waals surface area contributed by atoms with Gasteiger partial charge in [-0.15, -0.1) is 0 Å². The highest BCUT2D eigenvalue weighted by Crippen LogP contribution is 2.59. The molecule has 2 bridgehead atoms. The Bertz CT molecular complexity index is 545. The van der Waals surface area contributed by atoms with Crippen LogP contribution in [0.1, 0.15) is 32.1 Å². The molecular weight excluding hydrogens is 263 g/mol. The van der Waals surface area contributed by atoms with Crippen LogP contribution < -0.4 is 5.32 Å². The van der Waals surface area contributed by atoms with E-state index >= 15 is 0 Å². The molecule has 0 aliphatic heterocycles. The van der Waals surface area contributed by atoms with Crippen LogP contribution in [0.5, 0.6) is 0 Å². The van der Waals surface area contributed by atoms with Gasteiger partial charge in [0.1, 0.15) is 0 Å². The van der Waals surface area contributed by atoms with E-state index < -0.39 is 17.5 Å². The third kappa shape index (κ3) is 1.69. The fourth-order valence-electron chi connectivity index (χ4n) is 5.07. The quantitative estimate of drug-likeness (QED) is 0.795. The lowest BCUT2D eigenvalue weighted by molar-refractivity contribution is 0.243. The van der Waals surface area contributed by atoms with Gasteiger partial charge in [0.25, 0.3) is 0 Å². The van der Waals surface area contributed by atoms with Gasteiger partial charge in [0, 0.05) is 6.04 Å². The summed E-state index contributed by atoms with van der Waals surface area (Å²) in [6.07, 6.45) is 6.21. The molecule has 3 fully saturated rings. The van der Waals surface area contributed by atoms with E-state index in [1.165, 1.54) is 31.7 Å². The Hall–Kier alpha value is -1.19. The number of anilines is 1. The Morgan fingerprint density at radius 2 is 1.70 bits per heavy atom. The summed E-state index contributed by atoms with van der Waals surface area (Å²) in [4.78, 5) is 0. The van der Waals surface area contributed by atoms with Crippen LogP contribution in [-0.2, 0) is 0 Å². The Balaban J connectivity index is 1.55. The van der Waals surface area contributed by atoms with Crippen LogP contribution in [0.3, 0.4) is 0 Å². The van der Waals surface area contributed by atoms with E-state index in [1.807, 2.05) is 0 Å². The summed E-state index contributed by atoms with van der Waals surface area (Å²) in [6.45, 7) is 0. The Labute approximate surface area is 116 Å². The van der Waals surface area contributed by atoms with Crippen molar-refractivity contribution in [3.05, 3.63) is 29.6 Å². The number of rotatable bonds is 2. The molecule has 0 saturated heterocycles. The number of fused-ring (bicyclic) bond motifs is 5. The van der Waals surface area contributed by atoms with Crippen LogP contribution in [0.25, 0.3) is 0 Å². The second kappa shape index (κ2) is 4.40. The lowest BCUT2D eigenvalue weighted by Crippen LogP contribution is -2.34. The molecule has 1 aromatic rings. The molecule has 0 spiro atoms. The highest BCUT2D eigenvalue weighted by atomic mass is 19.2. The molecule has 4 heteroatoms. The molecule has 5 atom stereocenters. The average Bonchev–Trinajstić information content (AvgIpc) is 3.11. The molecule has 0 heterocycles. The number of benzene rings is 1. The van der Waals surface area contributed by atoms with Gasteiger partial charge in [-0.1, -0.05) is 6.42 Å². The molecule has 4 rings (SSSR count). The third-order valence-corrected chi connectivity index (χ3v) is 5.80. The Kier molecular flexibility index (Phi) is 2.76. The van der Waals surface area contributed by atoms with E-state index in [4.69, 9.17) is 0 Å². The normalized spacial score (nSPS) is 38.2. The molecule has 3 aliphatic rings. The SMILES string of the molecule is Fc1ccc(NC2CC3CC2C2CCCC32)c(F)c1F. The summed E-state index contributed by atoms with van der Waals surface area (Å²) < 4.78 is 40.0. The van der Waals surface area contributed by atoms with E-state index in [1.54, 1.807) is 0 Å². The van der Waals surface area contributed by atoms with Gasteiger partial charge in [-0.05, 0) is 61.5 Å². The van der Waals surface area contributed by atoms with Gasteiger partial charge in [0.2, 0.25) is 0 Å². The molecule has 108 valence electrons. The maximum absolute atomic E-state index is 13.7. The summed E-state index contributed by atoms with van der Waals surface area (Å²) in [5.41, 5.74) is 0.107. The number of hydrogen-bond donors (Lipinski definition) is 1. The van der Waals surface area contributed by atoms with Gasteiger partial charge in [-0.3, -0.25) is 0 Å². The highest BCUT2D eigenvalue weighted by molar-refractivity contribution is 5.47. The van der Waals surface area contributed by atoms with Gasteiger partial charge in [-0.2, -0.15) is 0 Å². The summed E-state index contributed by atoms with van der Waals surface area (Å²) in [5.74, 6) is -0.629. The average molecular weight is 281 g/mol. The minimum absolute atomic E-state index is 0.107. The van der Waals surface area contributed by atoms with Gasteiger partial charge < -0.3 is 5.32 Å². The van der Waals surface area contributed by atoms with Gasteiger partial charge >= 0.3 is 0 Å². The standard InChI is InChI=1S/C16H18F3N/c17-12-4-5-13(16(19)15(12)18)20-14-7-8-6-11(14)10-3-1-2-9(8)10/h4-5,8-11,14,20H,1-3,6-7H2. The van der Waals surface area contributed by atoms with Crippen molar-refractivity contribution in [1.29, 1.82) is 0 Å². The predicted molar refractivity (Wildman–Crippen MR) is 70.8 cm³/mol. The molecule has 3 saturated carbocycles. The zero-order valence-corrected chi connectivity index (χ0v) is 11.2. The fourth-order valence-corrected chi connectivity index (χ4v) is 5.07. The largest absolute Gasteiger partial charge is 0.380 e. The van der Waals surface area contributed by atoms with Crippen molar-refractivity contribution in [2.75, 3.05) is 5.32 Å². The molecule has 1 aromatic carbocycles. The van der Waals surface area contributed by atoms with E-state index in [9.17, 15) is 13.2 Å². The van der Waals surface area contributed by atoms with E-state index in [0.717, 1.165) is 30.2 Å². The van der Waals surface area contributed by atoms with Crippen molar-refractivity contribution in [2.45, 2.75) is 38.1 Å². The van der Waals surface area contributed by atoms with Crippen molar-refractivity contribution in [2.24, 2.45) is 23.7 Å². The van der Waals surface area contributed by atoms with Crippen LogP contribution in [0.4, 0.5) is 18.9 Å². The topological polar surface area (TPSA) is 12.0 Å². The molecule has 5 unspecified atom stereocenters. The summed E-state index contributed by atoms with van der Waals surface area (Å²) in [7, 11) is 0. The molecule has 0 amide bonds. The van der Waals surface area contributed by atoms with Crippen LogP contribution in [0.2, 0.25) is 0 Å². The first kappa shape index (κ1) is 12.5. The first-order valence-electron chi connectivity index (χ1n) is 7.55. The van der Waals surface area contributed by atoms with E-state index in [0.29, 0.717) is 5.92 Å². The van der Waals surface area contributed by atoms with Crippen LogP contribution in [0.15, 0.2) is 12.1 Å². The van der Waals surface area contributed by atoms with Gasteiger partial charge in [0.15, 0.2) is 17.5 Å². The predicted octanol–water partition coefficient (Wildman–Crippen LogP) is 4.34. The first-order chi connectivity index (χ1) is 9.65. The minimum Gasteiger partial charge on any atom is -0.380 e. The van der Waals surface area contributed by atoms with Crippen LogP contribution >= 0.6 is 0 Å². The molecule has 1 N–H and O–H groups in total. The summed E-state index contributed by atoms with van der Waals surface area (Å²) >= 11 is 0. The fraction of sp³-hybridized carbons (Fsp3) is 0.625. The highest BCUT2D eigenvalue weighted by Gasteiger charge is 2.53. The summed E-state index contributed by atoms with van der Waals surface area (Å²) in [6, 6.07) is 2.52. The monoisotopic (exact) mass is 281 g/mol. The van der Waals surface area contributed by atoms with Crippen LogP contribution in [-0.4, -0.2) is 6.04 Å². The first-order valence-corrected chi connectivity index (χ1v) is 7.55. The van der Waals surface area contributed by atoms with Crippen molar-refractivity contribution in [1.82, 2.24) is 0 Å². The molecule has 1 nitrogen and oxygen atoms in total. The van der Waals surface area contributed by atoms with E-state index in [2.05, 4.69) is 5.32 Å². The molecular formula is C16H18F3N. The smallest absolute Gasteiger partial charge is 0.196 e. The molecule has 20 heavy (non-hydrogen) atoms. The van der Waals surface area contributed by atoms with Crippen LogP contribution in [0, 0.1) is 41.1 Å².